The molecule has 12 aromatic rings. The van der Waals surface area contributed by atoms with E-state index in [4.69, 9.17) is 0 Å². The molecule has 0 atom stereocenters. The fraction of sp³-hybridized carbons (Fsp3) is 0. The molecule has 0 spiro atoms. The van der Waals surface area contributed by atoms with Crippen molar-refractivity contribution in [2.45, 2.75) is 0 Å². The summed E-state index contributed by atoms with van der Waals surface area (Å²) in [7, 11) is 0. The van der Waals surface area contributed by atoms with E-state index in [1.165, 1.54) is 101 Å². The Morgan fingerprint density at radius 3 is 1.49 bits per heavy atom. The van der Waals surface area contributed by atoms with Crippen LogP contribution in [0.25, 0.3) is 27.5 Å². The second-order valence-electron chi connectivity index (χ2n) is 19.6. The molecule has 11 aromatic carbocycles. The first-order chi connectivity index (χ1) is 36.7. The summed E-state index contributed by atoms with van der Waals surface area (Å²) in [5.41, 5.74) is 22.8. The topological polar surface area (TPSA) is 14.7 Å². The van der Waals surface area contributed by atoms with Gasteiger partial charge in [-0.15, -0.1) is 0 Å². The third kappa shape index (κ3) is 6.24. The second-order valence-corrected chi connectivity index (χ2v) is 24.0. The third-order valence-corrected chi connectivity index (χ3v) is 20.5. The van der Waals surface area contributed by atoms with E-state index in [-0.39, 0.29) is 43.3 Å². The van der Waals surface area contributed by atoms with Gasteiger partial charge < -0.3 is 0 Å². The maximum absolute atomic E-state index is 2.70. The Bertz CT molecular complexity index is 4150. The first-order valence-corrected chi connectivity index (χ1v) is 28.8. The van der Waals surface area contributed by atoms with Gasteiger partial charge in [-0.3, -0.25) is 0 Å². The van der Waals surface area contributed by atoms with Crippen LogP contribution in [0.2, 0.25) is 0 Å². The molecular formula is C66H42B2N4Se2. The molecule has 74 heavy (non-hydrogen) atoms. The van der Waals surface area contributed by atoms with Gasteiger partial charge in [0.15, 0.2) is 0 Å². The van der Waals surface area contributed by atoms with Crippen molar-refractivity contribution in [3.05, 3.63) is 255 Å². The molecule has 0 saturated heterocycles. The van der Waals surface area contributed by atoms with Gasteiger partial charge in [0.1, 0.15) is 0 Å². The van der Waals surface area contributed by atoms with Crippen molar-refractivity contribution in [3.8, 4) is 5.69 Å². The molecule has 0 N–H and O–H groups in total. The predicted octanol–water partition coefficient (Wildman–Crippen LogP) is 8.79. The Morgan fingerprint density at radius 2 is 0.838 bits per heavy atom. The van der Waals surface area contributed by atoms with Crippen molar-refractivity contribution in [2.24, 2.45) is 0 Å². The van der Waals surface area contributed by atoms with Crippen LogP contribution >= 0.6 is 0 Å². The minimum absolute atomic E-state index is 0.0131. The molecule has 16 rings (SSSR count). The molecule has 0 unspecified atom stereocenters. The van der Waals surface area contributed by atoms with Crippen LogP contribution in [0.1, 0.15) is 0 Å². The molecule has 4 nitrogen and oxygen atoms in total. The van der Waals surface area contributed by atoms with Gasteiger partial charge in [0.05, 0.1) is 0 Å². The summed E-state index contributed by atoms with van der Waals surface area (Å²) in [4.78, 5) is 7.44. The van der Waals surface area contributed by atoms with Crippen molar-refractivity contribution < 1.29 is 0 Å². The van der Waals surface area contributed by atoms with Crippen LogP contribution in [0, 0.1) is 0 Å². The molecule has 4 aliphatic heterocycles. The summed E-state index contributed by atoms with van der Waals surface area (Å²) in [5.74, 6) is 0. The minimum atomic E-state index is -0.0138. The van der Waals surface area contributed by atoms with Crippen molar-refractivity contribution in [1.29, 1.82) is 0 Å². The summed E-state index contributed by atoms with van der Waals surface area (Å²) in [6.45, 7) is 0.102. The number of aromatic nitrogens is 1. The SMILES string of the molecule is c1ccc(N(c2ccccc2)c2cc3c4c(c2)[Se]c2c(cc5c6c2c2ccccc2n6-c2cc(N(c6ccccc6)c6ccccc6)cc6c2B5c2ccccc2N6c2ccccc2)B4c2ccccc2[Se]3)cc1. The van der Waals surface area contributed by atoms with Crippen LogP contribution in [-0.2, 0) is 0 Å². The molecule has 0 amide bonds. The number of para-hydroxylation sites is 7. The first-order valence-electron chi connectivity index (χ1n) is 25.4. The average molecular weight is 1070 g/mol. The second kappa shape index (κ2) is 16.7. The molecule has 0 bridgehead atoms. The van der Waals surface area contributed by atoms with E-state index in [1.54, 1.807) is 5.46 Å². The Labute approximate surface area is 443 Å². The van der Waals surface area contributed by atoms with Crippen LogP contribution in [-0.4, -0.2) is 47.9 Å². The van der Waals surface area contributed by atoms with E-state index in [2.05, 4.69) is 274 Å². The van der Waals surface area contributed by atoms with Gasteiger partial charge in [-0.2, -0.15) is 0 Å². The fourth-order valence-corrected chi connectivity index (χ4v) is 18.3. The summed E-state index contributed by atoms with van der Waals surface area (Å²) in [6.07, 6.45) is 0. The molecule has 0 fully saturated rings. The van der Waals surface area contributed by atoms with E-state index in [0.29, 0.717) is 0 Å². The van der Waals surface area contributed by atoms with Crippen molar-refractivity contribution in [3.63, 3.8) is 0 Å². The molecule has 344 valence electrons. The Hall–Kier alpha value is -8.21. The normalized spacial score (nSPS) is 13.2. The molecule has 0 radical (unpaired) electrons. The van der Waals surface area contributed by atoms with Crippen molar-refractivity contribution >= 4 is 167 Å². The summed E-state index contributed by atoms with van der Waals surface area (Å²) in [6, 6.07) is 95.3. The number of anilines is 9. The van der Waals surface area contributed by atoms with E-state index in [1.807, 2.05) is 0 Å². The summed E-state index contributed by atoms with van der Waals surface area (Å²) < 4.78 is 8.64. The maximum atomic E-state index is 2.70. The standard InChI is InChI=1S/C66H42B2N4Se2/c1-6-22-43(23-7-1)69(44-24-8-2-9-25-44)48-38-57-63-58(39-48)72-55-35-19-16-32-50(55)62-65(72)53(67(63)51-33-17-20-36-56(51)71(57)47-30-14-5-15-31-47)42-54-66(62)74-61-41-49(40-60-64(61)68(54)52-34-18-21-37-59(52)73-60)70(45-26-10-3-11-27-45)46-28-12-4-13-29-46/h1-42H. The van der Waals surface area contributed by atoms with Crippen molar-refractivity contribution in [2.75, 3.05) is 14.7 Å². The Balaban J connectivity index is 1.01. The zero-order valence-corrected chi connectivity index (χ0v) is 43.4. The van der Waals surface area contributed by atoms with Crippen LogP contribution in [0.5, 0.6) is 0 Å². The quantitative estimate of drug-likeness (QED) is 0.149. The number of rotatable bonds is 7. The van der Waals surface area contributed by atoms with Gasteiger partial charge in [-0.05, 0) is 0 Å². The van der Waals surface area contributed by atoms with Crippen molar-refractivity contribution in [1.82, 2.24) is 4.57 Å². The fourth-order valence-electron chi connectivity index (χ4n) is 12.7. The van der Waals surface area contributed by atoms with E-state index in [0.717, 1.165) is 22.7 Å². The van der Waals surface area contributed by atoms with Gasteiger partial charge in [-0.25, -0.2) is 0 Å². The summed E-state index contributed by atoms with van der Waals surface area (Å²) >= 11 is 0.121. The van der Waals surface area contributed by atoms with E-state index >= 15 is 0 Å². The summed E-state index contributed by atoms with van der Waals surface area (Å²) in [5, 5.41) is 2.73. The van der Waals surface area contributed by atoms with Crippen LogP contribution in [0.15, 0.2) is 255 Å². The van der Waals surface area contributed by atoms with Gasteiger partial charge in [0, 0.05) is 0 Å². The third-order valence-electron chi connectivity index (χ3n) is 15.6. The Morgan fingerprint density at radius 1 is 0.338 bits per heavy atom. The first kappa shape index (κ1) is 42.3. The van der Waals surface area contributed by atoms with Crippen LogP contribution < -0.4 is 65.3 Å². The van der Waals surface area contributed by atoms with Crippen LogP contribution in [0.4, 0.5) is 51.2 Å². The van der Waals surface area contributed by atoms with E-state index < -0.39 is 0 Å². The molecular weight excluding hydrogens is 1030 g/mol. The average Bonchev–Trinajstić information content (AvgIpc) is 3.97. The molecule has 0 saturated carbocycles. The van der Waals surface area contributed by atoms with Gasteiger partial charge in [0.2, 0.25) is 0 Å². The predicted molar refractivity (Wildman–Crippen MR) is 317 cm³/mol. The molecule has 8 heteroatoms. The molecule has 1 aromatic heterocycles. The number of benzene rings is 11. The van der Waals surface area contributed by atoms with Gasteiger partial charge >= 0.3 is 447 Å². The van der Waals surface area contributed by atoms with E-state index in [9.17, 15) is 0 Å². The zero-order valence-electron chi connectivity index (χ0n) is 40.0. The number of nitrogens with zero attached hydrogens (tertiary/aromatic N) is 4. The molecule has 4 aliphatic rings. The number of fused-ring (bicyclic) bond motifs is 12. The van der Waals surface area contributed by atoms with Gasteiger partial charge in [-0.1, -0.05) is 0 Å². The number of hydrogen-bond donors (Lipinski definition) is 0. The monoisotopic (exact) mass is 1070 g/mol. The van der Waals surface area contributed by atoms with Gasteiger partial charge in [0.25, 0.3) is 0 Å². The molecule has 5 heterocycles. The zero-order chi connectivity index (χ0) is 48.4. The Kier molecular flexibility index (Phi) is 9.53. The number of hydrogen-bond acceptors (Lipinski definition) is 3. The van der Waals surface area contributed by atoms with Crippen LogP contribution in [0.3, 0.4) is 0 Å². The molecule has 0 aliphatic carbocycles.